The molecule has 1 saturated heterocycles. The molecule has 1 aliphatic heterocycles. The minimum Gasteiger partial charge on any atom is -0.384 e. The van der Waals surface area contributed by atoms with Crippen molar-refractivity contribution in [3.8, 4) is 0 Å². The van der Waals surface area contributed by atoms with Gasteiger partial charge in [-0.2, -0.15) is 9.61 Å². The Hall–Kier alpha value is -1.62. The van der Waals surface area contributed by atoms with Crippen LogP contribution in [0.2, 0.25) is 0 Å². The van der Waals surface area contributed by atoms with E-state index in [2.05, 4.69) is 34.9 Å². The van der Waals surface area contributed by atoms with Crippen molar-refractivity contribution >= 4 is 11.5 Å². The molecule has 1 unspecified atom stereocenters. The minimum atomic E-state index is 0.635. The number of nitrogen functional groups attached to an aromatic ring is 1. The molecule has 0 saturated carbocycles. The Balaban J connectivity index is 1.74. The monoisotopic (exact) mass is 273 g/mol. The largest absolute Gasteiger partial charge is 0.384 e. The Kier molecular flexibility index (Phi) is 3.61. The smallest absolute Gasteiger partial charge is 0.157 e. The van der Waals surface area contributed by atoms with Crippen LogP contribution in [0.1, 0.15) is 32.4 Å². The zero-order valence-corrected chi connectivity index (χ0v) is 12.3. The average molecular weight is 273 g/mol. The first kappa shape index (κ1) is 13.4. The maximum absolute atomic E-state index is 5.92. The Labute approximate surface area is 119 Å². The van der Waals surface area contributed by atoms with Gasteiger partial charge in [-0.05, 0) is 51.6 Å². The molecule has 1 fully saturated rings. The van der Waals surface area contributed by atoms with Gasteiger partial charge in [-0.1, -0.05) is 0 Å². The lowest BCUT2D eigenvalue weighted by molar-refractivity contribution is 0.139. The lowest BCUT2D eigenvalue weighted by atomic mass is 9.93. The van der Waals surface area contributed by atoms with Crippen LogP contribution in [0.3, 0.4) is 0 Å². The summed E-state index contributed by atoms with van der Waals surface area (Å²) in [6.07, 6.45) is 5.33. The van der Waals surface area contributed by atoms with E-state index in [9.17, 15) is 0 Å². The van der Waals surface area contributed by atoms with Crippen molar-refractivity contribution in [2.45, 2.75) is 39.2 Å². The SMILES string of the molecule is CC(C)N1CCCC(Cc2cc3nccc(N)n3n2)C1. The van der Waals surface area contributed by atoms with Gasteiger partial charge in [0.05, 0.1) is 5.69 Å². The van der Waals surface area contributed by atoms with Gasteiger partial charge in [0, 0.05) is 24.8 Å². The number of hydrogen-bond donors (Lipinski definition) is 1. The van der Waals surface area contributed by atoms with E-state index in [1.807, 2.05) is 0 Å². The molecule has 0 bridgehead atoms. The van der Waals surface area contributed by atoms with Crippen LogP contribution in [0.25, 0.3) is 5.65 Å². The second kappa shape index (κ2) is 5.40. The molecule has 3 heterocycles. The lowest BCUT2D eigenvalue weighted by Gasteiger charge is -2.35. The molecule has 2 aromatic rings. The molecule has 5 heteroatoms. The summed E-state index contributed by atoms with van der Waals surface area (Å²) in [6, 6.07) is 4.48. The van der Waals surface area contributed by atoms with Gasteiger partial charge in [0.1, 0.15) is 5.82 Å². The number of piperidine rings is 1. The number of rotatable bonds is 3. The zero-order chi connectivity index (χ0) is 14.1. The van der Waals surface area contributed by atoms with Gasteiger partial charge in [-0.25, -0.2) is 4.98 Å². The van der Waals surface area contributed by atoms with E-state index in [0.717, 1.165) is 17.8 Å². The van der Waals surface area contributed by atoms with Crippen molar-refractivity contribution in [2.24, 2.45) is 5.92 Å². The van der Waals surface area contributed by atoms with Crippen molar-refractivity contribution in [1.82, 2.24) is 19.5 Å². The van der Waals surface area contributed by atoms with Crippen LogP contribution in [-0.2, 0) is 6.42 Å². The molecule has 20 heavy (non-hydrogen) atoms. The molecule has 0 amide bonds. The molecule has 0 aliphatic carbocycles. The van der Waals surface area contributed by atoms with Gasteiger partial charge in [0.15, 0.2) is 5.65 Å². The standard InChI is InChI=1S/C15H23N5/c1-11(2)19-7-3-4-12(10-19)8-13-9-15-17-6-5-14(16)20(15)18-13/h5-6,9,11-12H,3-4,7-8,10,16H2,1-2H3. The van der Waals surface area contributed by atoms with Crippen molar-refractivity contribution < 1.29 is 0 Å². The number of fused-ring (bicyclic) bond motifs is 1. The number of nitrogens with zero attached hydrogens (tertiary/aromatic N) is 4. The third-order valence-electron chi connectivity index (χ3n) is 4.22. The van der Waals surface area contributed by atoms with Crippen molar-refractivity contribution in [1.29, 1.82) is 0 Å². The highest BCUT2D eigenvalue weighted by atomic mass is 15.3. The molecule has 3 rings (SSSR count). The van der Waals surface area contributed by atoms with Crippen molar-refractivity contribution in [3.63, 3.8) is 0 Å². The Morgan fingerprint density at radius 1 is 1.45 bits per heavy atom. The Morgan fingerprint density at radius 2 is 2.30 bits per heavy atom. The van der Waals surface area contributed by atoms with E-state index in [1.54, 1.807) is 16.8 Å². The number of likely N-dealkylation sites (tertiary alicyclic amines) is 1. The number of aromatic nitrogens is 3. The van der Waals surface area contributed by atoms with Crippen LogP contribution >= 0.6 is 0 Å². The van der Waals surface area contributed by atoms with Crippen LogP contribution < -0.4 is 5.73 Å². The molecular formula is C15H23N5. The molecule has 0 radical (unpaired) electrons. The summed E-state index contributed by atoms with van der Waals surface area (Å²) in [6.45, 7) is 6.96. The summed E-state index contributed by atoms with van der Waals surface area (Å²) in [5.41, 5.74) is 7.86. The maximum atomic E-state index is 5.92. The molecule has 0 aromatic carbocycles. The molecule has 0 spiro atoms. The van der Waals surface area contributed by atoms with Crippen LogP contribution in [0.5, 0.6) is 0 Å². The molecule has 1 atom stereocenters. The summed E-state index contributed by atoms with van der Waals surface area (Å²) >= 11 is 0. The highest BCUT2D eigenvalue weighted by Gasteiger charge is 2.22. The fourth-order valence-electron chi connectivity index (χ4n) is 3.09. The number of hydrogen-bond acceptors (Lipinski definition) is 4. The zero-order valence-electron chi connectivity index (χ0n) is 12.3. The average Bonchev–Trinajstić information content (AvgIpc) is 2.83. The van der Waals surface area contributed by atoms with Crippen molar-refractivity contribution in [2.75, 3.05) is 18.8 Å². The van der Waals surface area contributed by atoms with Crippen LogP contribution in [0, 0.1) is 5.92 Å². The van der Waals surface area contributed by atoms with E-state index in [4.69, 9.17) is 5.73 Å². The first-order valence-corrected chi connectivity index (χ1v) is 7.46. The van der Waals surface area contributed by atoms with Crippen LogP contribution in [0.4, 0.5) is 5.82 Å². The normalized spacial score (nSPS) is 20.9. The highest BCUT2D eigenvalue weighted by molar-refractivity contribution is 5.46. The topological polar surface area (TPSA) is 59.5 Å². The fourth-order valence-corrected chi connectivity index (χ4v) is 3.09. The summed E-state index contributed by atoms with van der Waals surface area (Å²) in [5, 5.41) is 4.59. The molecule has 1 aliphatic rings. The Morgan fingerprint density at radius 3 is 3.05 bits per heavy atom. The fraction of sp³-hybridized carbons (Fsp3) is 0.600. The molecule has 2 N–H and O–H groups in total. The second-order valence-corrected chi connectivity index (χ2v) is 6.08. The molecule has 2 aromatic heterocycles. The summed E-state index contributed by atoms with van der Waals surface area (Å²) in [7, 11) is 0. The first-order valence-electron chi connectivity index (χ1n) is 7.46. The number of anilines is 1. The second-order valence-electron chi connectivity index (χ2n) is 6.08. The van der Waals surface area contributed by atoms with E-state index in [-0.39, 0.29) is 0 Å². The van der Waals surface area contributed by atoms with Gasteiger partial charge in [-0.3, -0.25) is 0 Å². The van der Waals surface area contributed by atoms with Gasteiger partial charge < -0.3 is 10.6 Å². The molecule has 108 valence electrons. The summed E-state index contributed by atoms with van der Waals surface area (Å²) < 4.78 is 1.73. The van der Waals surface area contributed by atoms with Gasteiger partial charge >= 0.3 is 0 Å². The predicted octanol–water partition coefficient (Wildman–Crippen LogP) is 1.97. The van der Waals surface area contributed by atoms with E-state index < -0.39 is 0 Å². The van der Waals surface area contributed by atoms with Gasteiger partial charge in [0.25, 0.3) is 0 Å². The number of nitrogens with two attached hydrogens (primary N) is 1. The molecule has 5 nitrogen and oxygen atoms in total. The van der Waals surface area contributed by atoms with E-state index in [0.29, 0.717) is 17.8 Å². The van der Waals surface area contributed by atoms with E-state index in [1.165, 1.54) is 25.9 Å². The summed E-state index contributed by atoms with van der Waals surface area (Å²) in [5.74, 6) is 1.34. The van der Waals surface area contributed by atoms with Crippen molar-refractivity contribution in [3.05, 3.63) is 24.0 Å². The highest BCUT2D eigenvalue weighted by Crippen LogP contribution is 2.22. The summed E-state index contributed by atoms with van der Waals surface area (Å²) in [4.78, 5) is 6.88. The van der Waals surface area contributed by atoms with Gasteiger partial charge in [-0.15, -0.1) is 0 Å². The Bertz CT molecular complexity index is 589. The lowest BCUT2D eigenvalue weighted by Crippen LogP contribution is -2.40. The third kappa shape index (κ3) is 2.63. The van der Waals surface area contributed by atoms with E-state index >= 15 is 0 Å². The van der Waals surface area contributed by atoms with Gasteiger partial charge in [0.2, 0.25) is 0 Å². The third-order valence-corrected chi connectivity index (χ3v) is 4.22. The first-order chi connectivity index (χ1) is 9.63. The minimum absolute atomic E-state index is 0.635. The van der Waals surface area contributed by atoms with Crippen LogP contribution in [-0.4, -0.2) is 38.6 Å². The predicted molar refractivity (Wildman–Crippen MR) is 80.5 cm³/mol. The quantitative estimate of drug-likeness (QED) is 0.929. The van der Waals surface area contributed by atoms with Crippen LogP contribution in [0.15, 0.2) is 18.3 Å². The molecular weight excluding hydrogens is 250 g/mol. The maximum Gasteiger partial charge on any atom is 0.157 e.